The maximum Gasteiger partial charge on any atom is 0.180 e. The van der Waals surface area contributed by atoms with Crippen molar-refractivity contribution < 1.29 is 0 Å². The SMILES string of the molecule is CCCN[C@H]1CCc2nc(N)sc2C1.CCCN[C@H]1CCc2nc(N)sc2C1.CCCN[C@H]1CCc2nc(N)sc2C1.CCCN[C@H]1CCc2nc(N)sc2C1. The summed E-state index contributed by atoms with van der Waals surface area (Å²) < 4.78 is 0. The lowest BCUT2D eigenvalue weighted by atomic mass is 9.98. The highest BCUT2D eigenvalue weighted by Gasteiger charge is 2.24. The van der Waals surface area contributed by atoms with E-state index in [1.807, 2.05) is 0 Å². The lowest BCUT2D eigenvalue weighted by molar-refractivity contribution is 0.460. The number of nitrogen functional groups attached to an aromatic ring is 4. The Kier molecular flexibility index (Phi) is 18.5. The number of aryl methyl sites for hydroxylation is 4. The molecular weight excluding hydrogens is 777 g/mol. The molecule has 0 aromatic carbocycles. The monoisotopic (exact) mass is 844 g/mol. The van der Waals surface area contributed by atoms with Crippen LogP contribution in [0.1, 0.15) is 121 Å². The van der Waals surface area contributed by atoms with Crippen molar-refractivity contribution in [3.05, 3.63) is 42.3 Å². The molecule has 4 aliphatic carbocycles. The van der Waals surface area contributed by atoms with Crippen molar-refractivity contribution in [2.24, 2.45) is 0 Å². The van der Waals surface area contributed by atoms with Crippen LogP contribution < -0.4 is 44.2 Å². The van der Waals surface area contributed by atoms with E-state index in [0.29, 0.717) is 24.2 Å². The maximum atomic E-state index is 5.69. The first-order valence-electron chi connectivity index (χ1n) is 21.1. The van der Waals surface area contributed by atoms with Crippen molar-refractivity contribution in [3.63, 3.8) is 0 Å². The molecule has 4 heterocycles. The fraction of sp³-hybridized carbons (Fsp3) is 0.700. The highest BCUT2D eigenvalue weighted by molar-refractivity contribution is 7.16. The van der Waals surface area contributed by atoms with Gasteiger partial charge in [0, 0.05) is 43.7 Å². The van der Waals surface area contributed by atoms with Gasteiger partial charge in [-0.1, -0.05) is 27.7 Å². The Bertz CT molecular complexity index is 1480. The Morgan fingerprint density at radius 1 is 0.411 bits per heavy atom. The van der Waals surface area contributed by atoms with E-state index >= 15 is 0 Å². The van der Waals surface area contributed by atoms with Crippen LogP contribution in [-0.4, -0.2) is 70.3 Å². The van der Waals surface area contributed by atoms with Gasteiger partial charge in [-0.25, -0.2) is 19.9 Å². The van der Waals surface area contributed by atoms with Gasteiger partial charge in [-0.05, 0) is 129 Å². The van der Waals surface area contributed by atoms with E-state index in [1.165, 1.54) is 93.7 Å². The molecule has 312 valence electrons. The molecule has 0 fully saturated rings. The number of rotatable bonds is 12. The number of nitrogens with one attached hydrogen (secondary N) is 4. The maximum absolute atomic E-state index is 5.69. The van der Waals surface area contributed by atoms with Gasteiger partial charge in [-0.3, -0.25) is 0 Å². The minimum Gasteiger partial charge on any atom is -0.375 e. The van der Waals surface area contributed by atoms with Gasteiger partial charge >= 0.3 is 0 Å². The molecule has 0 saturated carbocycles. The highest BCUT2D eigenvalue weighted by atomic mass is 32.1. The number of nitrogens with two attached hydrogens (primary N) is 4. The van der Waals surface area contributed by atoms with Crippen molar-refractivity contribution in [1.82, 2.24) is 41.2 Å². The van der Waals surface area contributed by atoms with E-state index < -0.39 is 0 Å². The van der Waals surface area contributed by atoms with E-state index in [-0.39, 0.29) is 0 Å². The Morgan fingerprint density at radius 2 is 0.625 bits per heavy atom. The lowest BCUT2D eigenvalue weighted by Crippen LogP contribution is -2.34. The number of anilines is 4. The van der Waals surface area contributed by atoms with E-state index in [1.54, 1.807) is 45.3 Å². The molecule has 0 spiro atoms. The summed E-state index contributed by atoms with van der Waals surface area (Å²) in [6.45, 7) is 13.3. The van der Waals surface area contributed by atoms with E-state index in [2.05, 4.69) is 68.9 Å². The van der Waals surface area contributed by atoms with Crippen LogP contribution in [0.25, 0.3) is 0 Å². The fourth-order valence-corrected chi connectivity index (χ4v) is 11.5. The molecule has 16 heteroatoms. The third-order valence-corrected chi connectivity index (χ3v) is 14.4. The highest BCUT2D eigenvalue weighted by Crippen LogP contribution is 2.31. The van der Waals surface area contributed by atoms with Crippen LogP contribution in [0, 0.1) is 0 Å². The first-order valence-corrected chi connectivity index (χ1v) is 24.3. The summed E-state index contributed by atoms with van der Waals surface area (Å²) in [6, 6.07) is 2.56. The van der Waals surface area contributed by atoms with Gasteiger partial charge in [0.05, 0.1) is 22.8 Å². The second kappa shape index (κ2) is 23.2. The smallest absolute Gasteiger partial charge is 0.180 e. The molecular formula is C40H68N12S4. The third-order valence-electron chi connectivity index (χ3n) is 10.6. The van der Waals surface area contributed by atoms with Crippen LogP contribution in [0.2, 0.25) is 0 Å². The topological polar surface area (TPSA) is 204 Å². The third kappa shape index (κ3) is 13.8. The van der Waals surface area contributed by atoms with Crippen LogP contribution in [-0.2, 0) is 51.4 Å². The zero-order chi connectivity index (χ0) is 39.9. The molecule has 0 saturated heterocycles. The van der Waals surface area contributed by atoms with Crippen LogP contribution in [0.15, 0.2) is 0 Å². The summed E-state index contributed by atoms with van der Waals surface area (Å²) in [4.78, 5) is 22.9. The summed E-state index contributed by atoms with van der Waals surface area (Å²) >= 11 is 6.62. The molecule has 4 aliphatic rings. The van der Waals surface area contributed by atoms with Gasteiger partial charge in [-0.15, -0.1) is 45.3 Å². The average molecular weight is 845 g/mol. The Morgan fingerprint density at radius 3 is 0.821 bits per heavy atom. The van der Waals surface area contributed by atoms with Gasteiger partial charge in [-0.2, -0.15) is 0 Å². The van der Waals surface area contributed by atoms with Crippen LogP contribution in [0.5, 0.6) is 0 Å². The lowest BCUT2D eigenvalue weighted by Gasteiger charge is -2.21. The molecule has 56 heavy (non-hydrogen) atoms. The zero-order valence-corrected chi connectivity index (χ0v) is 37.4. The summed E-state index contributed by atoms with van der Waals surface area (Å²) in [5.74, 6) is 0. The number of aromatic nitrogens is 4. The zero-order valence-electron chi connectivity index (χ0n) is 34.2. The number of hydrogen-bond acceptors (Lipinski definition) is 16. The minimum atomic E-state index is 0.641. The average Bonchev–Trinajstić information content (AvgIpc) is 3.96. The fourth-order valence-electron chi connectivity index (χ4n) is 7.67. The second-order valence-corrected chi connectivity index (χ2v) is 19.7. The van der Waals surface area contributed by atoms with Crippen molar-refractivity contribution in [1.29, 1.82) is 0 Å². The molecule has 0 aliphatic heterocycles. The van der Waals surface area contributed by atoms with Crippen molar-refractivity contribution >= 4 is 65.9 Å². The van der Waals surface area contributed by atoms with E-state index in [4.69, 9.17) is 22.9 Å². The van der Waals surface area contributed by atoms with E-state index in [9.17, 15) is 0 Å². The van der Waals surface area contributed by atoms with Gasteiger partial charge < -0.3 is 44.2 Å². The van der Waals surface area contributed by atoms with Gasteiger partial charge in [0.2, 0.25) is 0 Å². The number of hydrogen-bond donors (Lipinski definition) is 8. The van der Waals surface area contributed by atoms with Crippen LogP contribution >= 0.6 is 45.3 Å². The molecule has 4 aromatic heterocycles. The van der Waals surface area contributed by atoms with Gasteiger partial charge in [0.1, 0.15) is 0 Å². The molecule has 4 atom stereocenters. The summed E-state index contributed by atoms with van der Waals surface area (Å²) in [6.07, 6.45) is 18.4. The molecule has 12 N–H and O–H groups in total. The second-order valence-electron chi connectivity index (χ2n) is 15.3. The normalized spacial score (nSPS) is 20.8. The van der Waals surface area contributed by atoms with E-state index in [0.717, 1.165) is 98.1 Å². The van der Waals surface area contributed by atoms with Gasteiger partial charge in [0.25, 0.3) is 0 Å². The van der Waals surface area contributed by atoms with Crippen molar-refractivity contribution in [2.75, 3.05) is 49.1 Å². The molecule has 4 aromatic rings. The molecule has 12 nitrogen and oxygen atoms in total. The number of fused-ring (bicyclic) bond motifs is 4. The summed E-state index contributed by atoms with van der Waals surface area (Å²) in [7, 11) is 0. The minimum absolute atomic E-state index is 0.641. The predicted octanol–water partition coefficient (Wildman–Crippen LogP) is 6.33. The Labute approximate surface area is 351 Å². The first-order chi connectivity index (χ1) is 27.2. The first kappa shape index (κ1) is 44.7. The largest absolute Gasteiger partial charge is 0.375 e. The number of nitrogens with zero attached hydrogens (tertiary/aromatic N) is 4. The van der Waals surface area contributed by atoms with Crippen LogP contribution in [0.3, 0.4) is 0 Å². The standard InChI is InChI=1S/4C10H17N3S/c4*1-2-5-12-7-3-4-8-9(6-7)14-10(11)13-8/h4*7,12H,2-6H2,1H3,(H2,11,13)/t4*7-/m0000/s1. The molecule has 8 rings (SSSR count). The van der Waals surface area contributed by atoms with Crippen molar-refractivity contribution in [3.8, 4) is 0 Å². The molecule has 0 unspecified atom stereocenters. The Hall–Kier alpha value is -2.44. The predicted molar refractivity (Wildman–Crippen MR) is 243 cm³/mol. The summed E-state index contributed by atoms with van der Waals surface area (Å²) in [5.41, 5.74) is 27.7. The van der Waals surface area contributed by atoms with Crippen LogP contribution in [0.4, 0.5) is 20.5 Å². The quantitative estimate of drug-likeness (QED) is 0.0789. The van der Waals surface area contributed by atoms with Gasteiger partial charge in [0.15, 0.2) is 20.5 Å². The Balaban J connectivity index is 0.000000143. The summed E-state index contributed by atoms with van der Waals surface area (Å²) in [5, 5.41) is 17.1. The molecule has 0 bridgehead atoms. The number of thiazole rings is 4. The van der Waals surface area contributed by atoms with Crippen molar-refractivity contribution in [2.45, 2.75) is 155 Å². The molecule has 0 radical (unpaired) electrons. The molecule has 0 amide bonds.